The summed E-state index contributed by atoms with van der Waals surface area (Å²) < 4.78 is 0. The molecule has 0 fully saturated rings. The highest BCUT2D eigenvalue weighted by molar-refractivity contribution is 7.08. The van der Waals surface area contributed by atoms with Gasteiger partial charge < -0.3 is 16.3 Å². The van der Waals surface area contributed by atoms with Crippen LogP contribution >= 0.6 is 11.3 Å². The van der Waals surface area contributed by atoms with Crippen molar-refractivity contribution >= 4 is 23.1 Å². The number of hydrogen-bond donors (Lipinski definition) is 3. The van der Waals surface area contributed by atoms with E-state index in [0.29, 0.717) is 13.0 Å². The highest BCUT2D eigenvalue weighted by Gasteiger charge is 2.36. The van der Waals surface area contributed by atoms with Crippen molar-refractivity contribution in [2.24, 2.45) is 16.3 Å². The van der Waals surface area contributed by atoms with Gasteiger partial charge in [0.05, 0.1) is 0 Å². The standard InChI is InChI=1S/C12H19N3O2S/c1-4-12(3,10(13)15-17)11(16)14-5-9-7-18-6-8(9)2/h6-7,17H,4-5H2,1-3H3,(H2,13,15)(H,14,16). The van der Waals surface area contributed by atoms with Crippen LogP contribution in [-0.2, 0) is 11.3 Å². The van der Waals surface area contributed by atoms with Crippen molar-refractivity contribution in [3.63, 3.8) is 0 Å². The van der Waals surface area contributed by atoms with Crippen LogP contribution in [0.25, 0.3) is 0 Å². The SMILES string of the molecule is CCC(C)(C(=O)NCc1cscc1C)/C(N)=N/O. The zero-order chi connectivity index (χ0) is 13.8. The molecule has 1 heterocycles. The number of carbonyl (C=O) groups is 1. The van der Waals surface area contributed by atoms with Crippen LogP contribution in [0.3, 0.4) is 0 Å². The van der Waals surface area contributed by atoms with Crippen LogP contribution in [0.1, 0.15) is 31.4 Å². The van der Waals surface area contributed by atoms with Gasteiger partial charge in [-0.1, -0.05) is 12.1 Å². The van der Waals surface area contributed by atoms with Crippen molar-refractivity contribution in [1.29, 1.82) is 0 Å². The molecule has 0 aliphatic rings. The summed E-state index contributed by atoms with van der Waals surface area (Å²) in [5.41, 5.74) is 6.85. The topological polar surface area (TPSA) is 87.7 Å². The highest BCUT2D eigenvalue weighted by Crippen LogP contribution is 2.22. The number of rotatable bonds is 5. The maximum Gasteiger partial charge on any atom is 0.233 e. The van der Waals surface area contributed by atoms with Crippen LogP contribution in [0.2, 0.25) is 0 Å². The minimum absolute atomic E-state index is 0.0652. The Kier molecular flexibility index (Phi) is 4.72. The Hall–Kier alpha value is -1.56. The van der Waals surface area contributed by atoms with Crippen molar-refractivity contribution < 1.29 is 10.0 Å². The molecular formula is C12H19N3O2S. The molecule has 0 radical (unpaired) electrons. The van der Waals surface area contributed by atoms with Crippen LogP contribution < -0.4 is 11.1 Å². The number of aryl methyl sites for hydroxylation is 1. The molecule has 100 valence electrons. The van der Waals surface area contributed by atoms with Crippen LogP contribution in [0.5, 0.6) is 0 Å². The summed E-state index contributed by atoms with van der Waals surface area (Å²) in [6, 6.07) is 0. The summed E-state index contributed by atoms with van der Waals surface area (Å²) in [7, 11) is 0. The lowest BCUT2D eigenvalue weighted by Crippen LogP contribution is -2.47. The Bertz CT molecular complexity index is 456. The van der Waals surface area contributed by atoms with Crippen molar-refractivity contribution in [2.75, 3.05) is 0 Å². The van der Waals surface area contributed by atoms with Gasteiger partial charge in [0, 0.05) is 6.54 Å². The Morgan fingerprint density at radius 3 is 2.72 bits per heavy atom. The molecule has 0 aliphatic carbocycles. The molecule has 1 unspecified atom stereocenters. The van der Waals surface area contributed by atoms with Gasteiger partial charge in [-0.05, 0) is 42.2 Å². The molecule has 0 spiro atoms. The molecule has 1 aromatic heterocycles. The van der Waals surface area contributed by atoms with Crippen molar-refractivity contribution in [3.05, 3.63) is 21.9 Å². The van der Waals surface area contributed by atoms with Gasteiger partial charge in [-0.15, -0.1) is 0 Å². The summed E-state index contributed by atoms with van der Waals surface area (Å²) in [5.74, 6) is -0.296. The third-order valence-corrected chi connectivity index (χ3v) is 4.19. The summed E-state index contributed by atoms with van der Waals surface area (Å²) in [6.07, 6.45) is 0.470. The molecule has 1 aromatic rings. The Balaban J connectivity index is 2.73. The minimum atomic E-state index is -0.974. The molecule has 4 N–H and O–H groups in total. The number of oxime groups is 1. The first-order valence-electron chi connectivity index (χ1n) is 5.73. The van der Waals surface area contributed by atoms with Gasteiger partial charge in [-0.25, -0.2) is 0 Å². The molecule has 0 aromatic carbocycles. The number of carbonyl (C=O) groups excluding carboxylic acids is 1. The lowest BCUT2D eigenvalue weighted by atomic mass is 9.85. The normalized spacial score (nSPS) is 15.2. The van der Waals surface area contributed by atoms with Gasteiger partial charge in [0.2, 0.25) is 5.91 Å². The maximum absolute atomic E-state index is 12.1. The number of thiophene rings is 1. The number of hydrogen-bond acceptors (Lipinski definition) is 4. The van der Waals surface area contributed by atoms with Crippen molar-refractivity contribution in [3.8, 4) is 0 Å². The van der Waals surface area contributed by atoms with Gasteiger partial charge in [0.15, 0.2) is 5.84 Å². The molecule has 5 nitrogen and oxygen atoms in total. The first-order chi connectivity index (χ1) is 8.45. The lowest BCUT2D eigenvalue weighted by molar-refractivity contribution is -0.127. The molecule has 0 saturated carbocycles. The highest BCUT2D eigenvalue weighted by atomic mass is 32.1. The van der Waals surface area contributed by atoms with Crippen LogP contribution in [0.4, 0.5) is 0 Å². The molecule has 0 aliphatic heterocycles. The Morgan fingerprint density at radius 1 is 1.61 bits per heavy atom. The summed E-state index contributed by atoms with van der Waals surface area (Å²) in [5, 5.41) is 18.5. The summed E-state index contributed by atoms with van der Waals surface area (Å²) in [6.45, 7) is 5.95. The van der Waals surface area contributed by atoms with E-state index in [2.05, 4.69) is 10.5 Å². The fourth-order valence-electron chi connectivity index (χ4n) is 1.51. The molecule has 18 heavy (non-hydrogen) atoms. The third-order valence-electron chi connectivity index (χ3n) is 3.28. The van der Waals surface area contributed by atoms with Crippen molar-refractivity contribution in [2.45, 2.75) is 33.7 Å². The fraction of sp³-hybridized carbons (Fsp3) is 0.500. The van der Waals surface area contributed by atoms with E-state index in [4.69, 9.17) is 10.9 Å². The smallest absolute Gasteiger partial charge is 0.233 e. The second-order valence-electron chi connectivity index (χ2n) is 4.43. The van der Waals surface area contributed by atoms with Crippen LogP contribution in [0.15, 0.2) is 15.9 Å². The Morgan fingerprint density at radius 2 is 2.28 bits per heavy atom. The monoisotopic (exact) mass is 269 g/mol. The van der Waals surface area contributed by atoms with E-state index >= 15 is 0 Å². The Labute approximate surface area is 111 Å². The zero-order valence-electron chi connectivity index (χ0n) is 10.9. The van der Waals surface area contributed by atoms with E-state index in [1.165, 1.54) is 0 Å². The molecular weight excluding hydrogens is 250 g/mol. The third kappa shape index (κ3) is 2.81. The number of nitrogens with two attached hydrogens (primary N) is 1. The quantitative estimate of drug-likeness (QED) is 0.330. The predicted molar refractivity (Wildman–Crippen MR) is 72.7 cm³/mol. The molecule has 1 atom stereocenters. The van der Waals surface area contributed by atoms with Gasteiger partial charge in [0.25, 0.3) is 0 Å². The van der Waals surface area contributed by atoms with E-state index in [0.717, 1.165) is 11.1 Å². The number of amidine groups is 1. The average molecular weight is 269 g/mol. The second kappa shape index (κ2) is 5.86. The summed E-state index contributed by atoms with van der Waals surface area (Å²) in [4.78, 5) is 12.1. The van der Waals surface area contributed by atoms with Gasteiger partial charge in [-0.3, -0.25) is 4.79 Å². The van der Waals surface area contributed by atoms with Gasteiger partial charge >= 0.3 is 0 Å². The molecule has 1 amide bonds. The molecule has 6 heteroatoms. The van der Waals surface area contributed by atoms with E-state index < -0.39 is 5.41 Å². The van der Waals surface area contributed by atoms with E-state index in [-0.39, 0.29) is 11.7 Å². The minimum Gasteiger partial charge on any atom is -0.409 e. The maximum atomic E-state index is 12.1. The first-order valence-corrected chi connectivity index (χ1v) is 6.68. The number of nitrogens with zero attached hydrogens (tertiary/aromatic N) is 1. The van der Waals surface area contributed by atoms with Crippen molar-refractivity contribution in [1.82, 2.24) is 5.32 Å². The van der Waals surface area contributed by atoms with E-state index in [9.17, 15) is 4.79 Å². The van der Waals surface area contributed by atoms with Crippen LogP contribution in [0, 0.1) is 12.3 Å². The largest absolute Gasteiger partial charge is 0.409 e. The fourth-order valence-corrected chi connectivity index (χ4v) is 2.36. The average Bonchev–Trinajstić information content (AvgIpc) is 2.79. The lowest BCUT2D eigenvalue weighted by Gasteiger charge is -2.25. The zero-order valence-corrected chi connectivity index (χ0v) is 11.7. The van der Waals surface area contributed by atoms with Gasteiger partial charge in [-0.2, -0.15) is 11.3 Å². The molecule has 1 rings (SSSR count). The van der Waals surface area contributed by atoms with E-state index in [1.54, 1.807) is 18.3 Å². The first kappa shape index (κ1) is 14.5. The van der Waals surface area contributed by atoms with Gasteiger partial charge in [0.1, 0.15) is 5.41 Å². The van der Waals surface area contributed by atoms with E-state index in [1.807, 2.05) is 24.6 Å². The predicted octanol–water partition coefficient (Wildman–Crippen LogP) is 1.84. The molecule has 0 saturated heterocycles. The summed E-state index contributed by atoms with van der Waals surface area (Å²) >= 11 is 1.60. The molecule has 0 bridgehead atoms. The number of amides is 1. The van der Waals surface area contributed by atoms with Crippen LogP contribution in [-0.4, -0.2) is 17.0 Å². The second-order valence-corrected chi connectivity index (χ2v) is 5.18. The number of nitrogens with one attached hydrogen (secondary N) is 1.